The Bertz CT molecular complexity index is 1710. The van der Waals surface area contributed by atoms with Crippen LogP contribution in [0.15, 0.2) is 217 Å². The van der Waals surface area contributed by atoms with Gasteiger partial charge in [0.1, 0.15) is 0 Å². The van der Waals surface area contributed by atoms with Gasteiger partial charge in [0, 0.05) is 0 Å². The first kappa shape index (κ1) is 41.8. The van der Waals surface area contributed by atoms with Gasteiger partial charge in [-0.05, 0) is 108 Å². The highest BCUT2D eigenvalue weighted by atomic mass is 14.2. The molecule has 0 bridgehead atoms. The third kappa shape index (κ3) is 15.1. The molecular formula is C49H58. The first-order chi connectivity index (χ1) is 23.5. The normalized spacial score (nSPS) is 13.9. The number of allylic oxidation sites excluding steroid dienone is 24. The largest absolute Gasteiger partial charge is 0.0991 e. The summed E-state index contributed by atoms with van der Waals surface area (Å²) < 4.78 is 0. The van der Waals surface area contributed by atoms with Crippen LogP contribution in [0.2, 0.25) is 0 Å². The van der Waals surface area contributed by atoms with Crippen molar-refractivity contribution in [2.24, 2.45) is 0 Å². The maximum absolute atomic E-state index is 4.51. The summed E-state index contributed by atoms with van der Waals surface area (Å²) in [7, 11) is 0. The highest BCUT2D eigenvalue weighted by molar-refractivity contribution is 6.09. The predicted octanol–water partition coefficient (Wildman–Crippen LogP) is 14.8. The second-order valence-corrected chi connectivity index (χ2v) is 11.8. The summed E-state index contributed by atoms with van der Waals surface area (Å²) >= 11 is 0. The van der Waals surface area contributed by atoms with Crippen molar-refractivity contribution in [2.75, 3.05) is 0 Å². The van der Waals surface area contributed by atoms with Crippen molar-refractivity contribution >= 4 is 11.1 Å². The van der Waals surface area contributed by atoms with E-state index in [2.05, 4.69) is 172 Å². The Morgan fingerprint density at radius 2 is 0.918 bits per heavy atom. The second kappa shape index (κ2) is 24.0. The van der Waals surface area contributed by atoms with Crippen LogP contribution < -0.4 is 0 Å². The summed E-state index contributed by atoms with van der Waals surface area (Å²) in [4.78, 5) is 0. The van der Waals surface area contributed by atoms with Crippen molar-refractivity contribution in [1.82, 2.24) is 0 Å². The average Bonchev–Trinajstić information content (AvgIpc) is 3.10. The fraction of sp³-hybridized carbons (Fsp3) is 0.184. The van der Waals surface area contributed by atoms with Gasteiger partial charge in [0.2, 0.25) is 0 Å². The molecule has 0 aliphatic carbocycles. The molecule has 0 saturated carbocycles. The van der Waals surface area contributed by atoms with Gasteiger partial charge in [0.05, 0.1) is 0 Å². The number of benzene rings is 2. The summed E-state index contributed by atoms with van der Waals surface area (Å²) in [5.74, 6) is 0. The lowest BCUT2D eigenvalue weighted by molar-refractivity contribution is 1.09. The molecule has 2 aromatic rings. The standard InChI is InChI=1S/C46H50.C3H8/c1-11-13-17-25-35(3)37(5)27-23-29-39(7)41(9)45(43-31-19-15-20-32-43)46(44-33-21-16-22-34-44)42(10)40(8)30-24-28-38(6)36(4)26-18-14-12-2;1-3-2/h11-34H,1,4,6-7H2,2-3,5,8-10H3;3H2,1-2H3/b14-12-,17-13-,26-18-,28-24-,29-23-,35-25+,37-27+,40-30+,45-41+,46-42+;. The van der Waals surface area contributed by atoms with E-state index in [1.807, 2.05) is 49.5 Å². The first-order valence-corrected chi connectivity index (χ1v) is 17.1. The van der Waals surface area contributed by atoms with Gasteiger partial charge in [-0.3, -0.25) is 0 Å². The van der Waals surface area contributed by atoms with Crippen molar-refractivity contribution < 1.29 is 0 Å². The summed E-state index contributed by atoms with van der Waals surface area (Å²) in [5, 5.41) is 0. The quantitative estimate of drug-likeness (QED) is 0.169. The van der Waals surface area contributed by atoms with Crippen LogP contribution in [0.5, 0.6) is 0 Å². The van der Waals surface area contributed by atoms with E-state index in [1.54, 1.807) is 6.08 Å². The summed E-state index contributed by atoms with van der Waals surface area (Å²) in [6.07, 6.45) is 29.5. The molecule has 0 amide bonds. The molecule has 2 rings (SSSR count). The van der Waals surface area contributed by atoms with Crippen molar-refractivity contribution in [3.63, 3.8) is 0 Å². The molecule has 0 unspecified atom stereocenters. The summed E-state index contributed by atoms with van der Waals surface area (Å²) in [6.45, 7) is 33.6. The number of hydrogen-bond acceptors (Lipinski definition) is 0. The zero-order chi connectivity index (χ0) is 36.6. The Labute approximate surface area is 299 Å². The zero-order valence-electron chi connectivity index (χ0n) is 31.4. The van der Waals surface area contributed by atoms with E-state index in [1.165, 1.54) is 28.7 Å². The topological polar surface area (TPSA) is 0 Å². The van der Waals surface area contributed by atoms with E-state index in [0.29, 0.717) is 0 Å². The van der Waals surface area contributed by atoms with Crippen LogP contribution in [0, 0.1) is 0 Å². The van der Waals surface area contributed by atoms with Crippen molar-refractivity contribution in [3.8, 4) is 0 Å². The van der Waals surface area contributed by atoms with Crippen LogP contribution in [0.4, 0.5) is 0 Å². The monoisotopic (exact) mass is 646 g/mol. The van der Waals surface area contributed by atoms with Crippen LogP contribution in [-0.2, 0) is 0 Å². The van der Waals surface area contributed by atoms with E-state index in [4.69, 9.17) is 0 Å². The number of rotatable bonds is 15. The highest BCUT2D eigenvalue weighted by Gasteiger charge is 2.18. The summed E-state index contributed by atoms with van der Waals surface area (Å²) in [6, 6.07) is 21.2. The minimum Gasteiger partial charge on any atom is -0.0991 e. The third-order valence-electron chi connectivity index (χ3n) is 7.71. The Balaban J connectivity index is 0.00000385. The Morgan fingerprint density at radius 1 is 0.510 bits per heavy atom. The maximum atomic E-state index is 4.51. The van der Waals surface area contributed by atoms with Crippen LogP contribution in [-0.4, -0.2) is 0 Å². The van der Waals surface area contributed by atoms with Crippen molar-refractivity contribution in [3.05, 3.63) is 228 Å². The van der Waals surface area contributed by atoms with E-state index >= 15 is 0 Å². The smallest absolute Gasteiger partial charge is 0.00676 e. The molecule has 0 spiro atoms. The Hall–Kier alpha value is -5.20. The van der Waals surface area contributed by atoms with E-state index in [-0.39, 0.29) is 0 Å². The molecule has 0 aromatic heterocycles. The highest BCUT2D eigenvalue weighted by Crippen LogP contribution is 2.40. The van der Waals surface area contributed by atoms with Crippen molar-refractivity contribution in [1.29, 1.82) is 0 Å². The van der Waals surface area contributed by atoms with Gasteiger partial charge in [0.25, 0.3) is 0 Å². The minimum absolute atomic E-state index is 0.877. The van der Waals surface area contributed by atoms with Gasteiger partial charge in [-0.1, -0.05) is 192 Å². The molecule has 0 aliphatic heterocycles. The lowest BCUT2D eigenvalue weighted by atomic mass is 9.83. The molecule has 0 atom stereocenters. The molecule has 254 valence electrons. The lowest BCUT2D eigenvalue weighted by Crippen LogP contribution is -1.99. The van der Waals surface area contributed by atoms with Crippen molar-refractivity contribution in [2.45, 2.75) is 61.8 Å². The minimum atomic E-state index is 0.877. The van der Waals surface area contributed by atoms with E-state index in [9.17, 15) is 0 Å². The molecule has 0 N–H and O–H groups in total. The van der Waals surface area contributed by atoms with Crippen LogP contribution in [0.3, 0.4) is 0 Å². The van der Waals surface area contributed by atoms with Crippen LogP contribution >= 0.6 is 0 Å². The first-order valence-electron chi connectivity index (χ1n) is 17.1. The third-order valence-corrected chi connectivity index (χ3v) is 7.71. The average molecular weight is 647 g/mol. The zero-order valence-corrected chi connectivity index (χ0v) is 31.4. The number of hydrogen-bond donors (Lipinski definition) is 0. The maximum Gasteiger partial charge on any atom is -0.00676 e. The fourth-order valence-corrected chi connectivity index (χ4v) is 4.57. The molecule has 0 nitrogen and oxygen atoms in total. The molecule has 0 heterocycles. The van der Waals surface area contributed by atoms with E-state index < -0.39 is 0 Å². The molecule has 2 aromatic carbocycles. The molecule has 0 saturated heterocycles. The predicted molar refractivity (Wildman–Crippen MR) is 224 cm³/mol. The molecule has 0 aliphatic rings. The van der Waals surface area contributed by atoms with Gasteiger partial charge in [0.15, 0.2) is 0 Å². The lowest BCUT2D eigenvalue weighted by Gasteiger charge is -2.21. The van der Waals surface area contributed by atoms with Crippen LogP contribution in [0.25, 0.3) is 11.1 Å². The van der Waals surface area contributed by atoms with Gasteiger partial charge in [-0.15, -0.1) is 0 Å². The van der Waals surface area contributed by atoms with E-state index in [0.717, 1.165) is 44.6 Å². The molecule has 0 fully saturated rings. The van der Waals surface area contributed by atoms with Gasteiger partial charge in [-0.2, -0.15) is 0 Å². The molecule has 0 radical (unpaired) electrons. The Morgan fingerprint density at radius 3 is 1.39 bits per heavy atom. The molecule has 49 heavy (non-hydrogen) atoms. The fourth-order valence-electron chi connectivity index (χ4n) is 4.57. The Kier molecular flexibility index (Phi) is 20.5. The van der Waals surface area contributed by atoms with Gasteiger partial charge >= 0.3 is 0 Å². The van der Waals surface area contributed by atoms with Gasteiger partial charge < -0.3 is 0 Å². The van der Waals surface area contributed by atoms with Gasteiger partial charge in [-0.25, -0.2) is 0 Å². The second-order valence-electron chi connectivity index (χ2n) is 11.8. The molecular weight excluding hydrogens is 589 g/mol. The SMILES string of the molecule is C=C\C=C/C=C(C)/C(C)=C/C=C\C(=C)/C(C)=C(/C(=C(C)/C(C)=C/C=C\C(=C)C(=C)/C=C\C=C/C)c1ccccc1)c1ccccc1.CCC. The van der Waals surface area contributed by atoms with Crippen LogP contribution in [0.1, 0.15) is 72.9 Å². The molecule has 0 heteroatoms. The summed E-state index contributed by atoms with van der Waals surface area (Å²) in [5.41, 5.74) is 13.2.